The van der Waals surface area contributed by atoms with E-state index in [0.29, 0.717) is 35.7 Å². The third kappa shape index (κ3) is 3.84. The fourth-order valence-corrected chi connectivity index (χ4v) is 3.97. The number of carbonyl (C=O) groups excluding carboxylic acids is 1. The van der Waals surface area contributed by atoms with Crippen LogP contribution >= 0.6 is 0 Å². The zero-order valence-electron chi connectivity index (χ0n) is 16.9. The molecule has 0 radical (unpaired) electrons. The van der Waals surface area contributed by atoms with Crippen LogP contribution in [0, 0.1) is 11.6 Å². The lowest BCUT2D eigenvalue weighted by molar-refractivity contribution is 0.215. The topological polar surface area (TPSA) is 71.8 Å². The average molecular weight is 435 g/mol. The summed E-state index contributed by atoms with van der Waals surface area (Å²) in [5.74, 6) is -0.173. The van der Waals surface area contributed by atoms with Gasteiger partial charge in [-0.3, -0.25) is 5.32 Å². The summed E-state index contributed by atoms with van der Waals surface area (Å²) in [5, 5.41) is 6.81. The number of carbonyl (C=O) groups is 1. The number of aromatic nitrogens is 3. The highest BCUT2D eigenvalue weighted by atomic mass is 19.1. The van der Waals surface area contributed by atoms with E-state index >= 15 is 0 Å². The molecule has 1 N–H and O–H groups in total. The Morgan fingerprint density at radius 2 is 1.97 bits per heavy atom. The minimum atomic E-state index is -0.667. The summed E-state index contributed by atoms with van der Waals surface area (Å²) in [6.07, 6.45) is 3.92. The lowest BCUT2D eigenvalue weighted by atomic mass is 10.0. The molecule has 0 bridgehead atoms. The van der Waals surface area contributed by atoms with Gasteiger partial charge in [-0.2, -0.15) is 5.10 Å². The van der Waals surface area contributed by atoms with Crippen LogP contribution in [0.2, 0.25) is 0 Å². The number of fused-ring (bicyclic) bond motifs is 1. The van der Waals surface area contributed by atoms with Gasteiger partial charge in [0.25, 0.3) is 0 Å². The predicted octanol–water partition coefficient (Wildman–Crippen LogP) is 4.96. The van der Waals surface area contributed by atoms with Gasteiger partial charge in [0.1, 0.15) is 17.5 Å². The summed E-state index contributed by atoms with van der Waals surface area (Å²) < 4.78 is 35.1. The molecule has 32 heavy (non-hydrogen) atoms. The Balaban J connectivity index is 1.42. The molecule has 1 atom stereocenters. The number of halogens is 2. The van der Waals surface area contributed by atoms with Crippen molar-refractivity contribution >= 4 is 23.2 Å². The van der Waals surface area contributed by atoms with Crippen molar-refractivity contribution in [2.45, 2.75) is 18.9 Å². The van der Waals surface area contributed by atoms with Crippen LogP contribution in [-0.2, 0) is 0 Å². The molecule has 2 aromatic carbocycles. The SMILES string of the molecule is O=C(Nc1ccccc1)Oc1cnn2ccc(N3CCCC3c3cc(F)ccc3F)nc12. The number of amides is 1. The molecule has 9 heteroatoms. The Hall–Kier alpha value is -4.01. The molecular weight excluding hydrogens is 416 g/mol. The Labute approximate surface area is 182 Å². The number of ether oxygens (including phenoxy) is 1. The lowest BCUT2D eigenvalue weighted by Gasteiger charge is -2.26. The van der Waals surface area contributed by atoms with Crippen molar-refractivity contribution in [2.24, 2.45) is 0 Å². The predicted molar refractivity (Wildman–Crippen MR) is 115 cm³/mol. The van der Waals surface area contributed by atoms with E-state index in [1.165, 1.54) is 16.8 Å². The van der Waals surface area contributed by atoms with E-state index in [9.17, 15) is 13.6 Å². The molecule has 2 aromatic heterocycles. The quantitative estimate of drug-likeness (QED) is 0.491. The number of hydrogen-bond donors (Lipinski definition) is 1. The summed E-state index contributed by atoms with van der Waals surface area (Å²) in [6.45, 7) is 0.641. The van der Waals surface area contributed by atoms with Crippen molar-refractivity contribution in [1.29, 1.82) is 0 Å². The van der Waals surface area contributed by atoms with Gasteiger partial charge < -0.3 is 9.64 Å². The maximum Gasteiger partial charge on any atom is 0.417 e. The van der Waals surface area contributed by atoms with E-state index in [1.54, 1.807) is 36.5 Å². The van der Waals surface area contributed by atoms with Crippen LogP contribution in [0.3, 0.4) is 0 Å². The van der Waals surface area contributed by atoms with Gasteiger partial charge in [0.05, 0.1) is 12.2 Å². The zero-order chi connectivity index (χ0) is 22.1. The Bertz CT molecular complexity index is 1280. The third-order valence-electron chi connectivity index (χ3n) is 5.41. The first-order valence-electron chi connectivity index (χ1n) is 10.2. The van der Waals surface area contributed by atoms with Gasteiger partial charge in [0.2, 0.25) is 5.65 Å². The molecule has 0 aliphatic carbocycles. The van der Waals surface area contributed by atoms with E-state index in [1.807, 2.05) is 11.0 Å². The fourth-order valence-electron chi connectivity index (χ4n) is 3.97. The first-order chi connectivity index (χ1) is 15.6. The zero-order valence-corrected chi connectivity index (χ0v) is 16.9. The van der Waals surface area contributed by atoms with Crippen molar-refractivity contribution in [2.75, 3.05) is 16.8 Å². The minimum absolute atomic E-state index is 0.188. The molecule has 1 aliphatic heterocycles. The van der Waals surface area contributed by atoms with E-state index in [4.69, 9.17) is 4.74 Å². The van der Waals surface area contributed by atoms with Crippen molar-refractivity contribution in [3.8, 4) is 5.75 Å². The first kappa shape index (κ1) is 19.9. The standard InChI is InChI=1S/C23H19F2N5O2/c24-15-8-9-18(25)17(13-15)19-7-4-11-29(19)21-10-12-30-22(28-21)20(14-26-30)32-23(31)27-16-5-2-1-3-6-16/h1-3,5-6,8-10,12-14,19H,4,7,11H2,(H,27,31). The van der Waals surface area contributed by atoms with Crippen molar-refractivity contribution in [1.82, 2.24) is 14.6 Å². The fraction of sp³-hybridized carbons (Fsp3) is 0.174. The number of anilines is 2. The van der Waals surface area contributed by atoms with Crippen LogP contribution in [0.5, 0.6) is 5.75 Å². The van der Waals surface area contributed by atoms with Gasteiger partial charge in [-0.15, -0.1) is 0 Å². The van der Waals surface area contributed by atoms with Crippen LogP contribution in [0.1, 0.15) is 24.4 Å². The molecule has 1 aliphatic rings. The minimum Gasteiger partial charge on any atom is -0.404 e. The monoisotopic (exact) mass is 435 g/mol. The van der Waals surface area contributed by atoms with Gasteiger partial charge in [0, 0.05) is 24.0 Å². The molecule has 3 heterocycles. The molecule has 5 rings (SSSR count). The van der Waals surface area contributed by atoms with Gasteiger partial charge in [0.15, 0.2) is 5.75 Å². The van der Waals surface area contributed by atoms with Crippen LogP contribution in [-0.4, -0.2) is 27.2 Å². The molecule has 1 saturated heterocycles. The van der Waals surface area contributed by atoms with Gasteiger partial charge >= 0.3 is 6.09 Å². The number of benzene rings is 2. The molecule has 0 saturated carbocycles. The number of rotatable bonds is 4. The Morgan fingerprint density at radius 1 is 1.12 bits per heavy atom. The summed E-state index contributed by atoms with van der Waals surface area (Å²) >= 11 is 0. The largest absolute Gasteiger partial charge is 0.417 e. The lowest BCUT2D eigenvalue weighted by Crippen LogP contribution is -2.24. The van der Waals surface area contributed by atoms with Crippen molar-refractivity contribution in [3.63, 3.8) is 0 Å². The van der Waals surface area contributed by atoms with E-state index in [2.05, 4.69) is 15.4 Å². The molecule has 162 valence electrons. The second-order valence-electron chi connectivity index (χ2n) is 7.46. The highest BCUT2D eigenvalue weighted by Crippen LogP contribution is 2.37. The molecule has 7 nitrogen and oxygen atoms in total. The second kappa shape index (κ2) is 8.26. The smallest absolute Gasteiger partial charge is 0.404 e. The average Bonchev–Trinajstić information content (AvgIpc) is 3.43. The van der Waals surface area contributed by atoms with E-state index in [0.717, 1.165) is 18.6 Å². The summed E-state index contributed by atoms with van der Waals surface area (Å²) in [5.41, 5.74) is 1.24. The number of hydrogen-bond acceptors (Lipinski definition) is 5. The van der Waals surface area contributed by atoms with Crippen LogP contribution in [0.4, 0.5) is 25.1 Å². The molecular formula is C23H19F2N5O2. The van der Waals surface area contributed by atoms with E-state index in [-0.39, 0.29) is 11.8 Å². The highest BCUT2D eigenvalue weighted by molar-refractivity contribution is 5.87. The normalized spacial score (nSPS) is 15.8. The Kier molecular flexibility index (Phi) is 5.14. The maximum atomic E-state index is 14.4. The van der Waals surface area contributed by atoms with Crippen LogP contribution in [0.15, 0.2) is 67.0 Å². The molecule has 1 fully saturated rings. The Morgan fingerprint density at radius 3 is 2.81 bits per heavy atom. The third-order valence-corrected chi connectivity index (χ3v) is 5.41. The van der Waals surface area contributed by atoms with Crippen molar-refractivity contribution in [3.05, 3.63) is 84.2 Å². The highest BCUT2D eigenvalue weighted by Gasteiger charge is 2.30. The molecule has 4 aromatic rings. The second-order valence-corrected chi connectivity index (χ2v) is 7.46. The summed E-state index contributed by atoms with van der Waals surface area (Å²) in [7, 11) is 0. The number of para-hydroxylation sites is 1. The number of nitrogens with zero attached hydrogens (tertiary/aromatic N) is 4. The first-order valence-corrected chi connectivity index (χ1v) is 10.2. The molecule has 0 spiro atoms. The summed E-state index contributed by atoms with van der Waals surface area (Å²) in [6, 6.07) is 13.8. The maximum absolute atomic E-state index is 14.4. The summed E-state index contributed by atoms with van der Waals surface area (Å²) in [4.78, 5) is 18.8. The van der Waals surface area contributed by atoms with Crippen LogP contribution in [0.25, 0.3) is 5.65 Å². The van der Waals surface area contributed by atoms with Gasteiger partial charge in [-0.05, 0) is 49.2 Å². The van der Waals surface area contributed by atoms with Gasteiger partial charge in [-0.25, -0.2) is 23.1 Å². The molecule has 1 amide bonds. The van der Waals surface area contributed by atoms with E-state index < -0.39 is 17.7 Å². The van der Waals surface area contributed by atoms with Gasteiger partial charge in [-0.1, -0.05) is 18.2 Å². The van der Waals surface area contributed by atoms with Crippen LogP contribution < -0.4 is 15.0 Å². The van der Waals surface area contributed by atoms with Crippen molar-refractivity contribution < 1.29 is 18.3 Å². The number of nitrogens with one attached hydrogen (secondary N) is 1. The molecule has 1 unspecified atom stereocenters.